The molecule has 3 rings (SSSR count). The summed E-state index contributed by atoms with van der Waals surface area (Å²) in [5.41, 5.74) is 2.07. The Hall–Kier alpha value is -3.01. The minimum Gasteiger partial charge on any atom is -0.497 e. The maximum Gasteiger partial charge on any atom is 0.339 e. The minimum atomic E-state index is -0.993. The van der Waals surface area contributed by atoms with Gasteiger partial charge in [-0.15, -0.1) is 0 Å². The number of benzene rings is 3. The summed E-state index contributed by atoms with van der Waals surface area (Å²) < 4.78 is 10.5. The summed E-state index contributed by atoms with van der Waals surface area (Å²) in [6.45, 7) is 0. The summed E-state index contributed by atoms with van der Waals surface area (Å²) >= 11 is 0. The molecular weight excluding hydrogens is 316 g/mol. The molecule has 0 radical (unpaired) electrons. The third-order valence-corrected chi connectivity index (χ3v) is 4.32. The normalized spacial score (nSPS) is 10.6. The molecule has 0 heterocycles. The maximum atomic E-state index is 11.7. The van der Waals surface area contributed by atoms with Crippen molar-refractivity contribution < 1.29 is 19.4 Å². The Kier molecular flexibility index (Phi) is 4.89. The molecule has 0 atom stereocenters. The van der Waals surface area contributed by atoms with Crippen molar-refractivity contribution in [1.29, 1.82) is 0 Å². The van der Waals surface area contributed by atoms with E-state index in [1.54, 1.807) is 19.2 Å². The summed E-state index contributed by atoms with van der Waals surface area (Å²) in [6.07, 6.45) is 1.33. The first-order chi connectivity index (χ1) is 12.1. The quantitative estimate of drug-likeness (QED) is 0.727. The molecule has 0 aliphatic rings. The molecule has 128 valence electrons. The highest BCUT2D eigenvalue weighted by Crippen LogP contribution is 2.30. The van der Waals surface area contributed by atoms with Crippen molar-refractivity contribution >= 4 is 16.7 Å². The van der Waals surface area contributed by atoms with Crippen LogP contribution in [0.4, 0.5) is 0 Å². The zero-order valence-electron chi connectivity index (χ0n) is 14.3. The van der Waals surface area contributed by atoms with Crippen molar-refractivity contribution in [2.45, 2.75) is 12.8 Å². The summed E-state index contributed by atoms with van der Waals surface area (Å²) in [5, 5.41) is 11.9. The maximum absolute atomic E-state index is 11.7. The van der Waals surface area contributed by atoms with Crippen molar-refractivity contribution in [2.75, 3.05) is 14.2 Å². The molecule has 3 aromatic rings. The predicted molar refractivity (Wildman–Crippen MR) is 97.9 cm³/mol. The van der Waals surface area contributed by atoms with Gasteiger partial charge in [0.15, 0.2) is 0 Å². The van der Waals surface area contributed by atoms with Crippen LogP contribution in [0.5, 0.6) is 11.5 Å². The molecule has 1 N–H and O–H groups in total. The van der Waals surface area contributed by atoms with Crippen molar-refractivity contribution in [3.8, 4) is 11.5 Å². The van der Waals surface area contributed by atoms with Gasteiger partial charge >= 0.3 is 5.97 Å². The van der Waals surface area contributed by atoms with Crippen LogP contribution in [0.2, 0.25) is 0 Å². The molecule has 0 saturated heterocycles. The fourth-order valence-electron chi connectivity index (χ4n) is 3.04. The van der Waals surface area contributed by atoms with Crippen LogP contribution in [-0.4, -0.2) is 25.3 Å². The monoisotopic (exact) mass is 336 g/mol. The standard InChI is InChI=1S/C21H20O4/c1-24-18-12-17(20(21(22)23)19(13-18)25-2)10-8-14-7-9-15-5-3-4-6-16(15)11-14/h3-7,9,11-13H,8,10H2,1-2H3,(H,22,23). The molecule has 0 aliphatic carbocycles. The molecule has 4 heteroatoms. The molecule has 0 aliphatic heterocycles. The molecule has 0 spiro atoms. The summed E-state index contributed by atoms with van der Waals surface area (Å²) in [6, 6.07) is 17.9. The number of carboxylic acid groups (broad SMARTS) is 1. The van der Waals surface area contributed by atoms with Crippen LogP contribution in [-0.2, 0) is 12.8 Å². The summed E-state index contributed by atoms with van der Waals surface area (Å²) in [5.74, 6) is -0.0799. The number of carboxylic acids is 1. The lowest BCUT2D eigenvalue weighted by Gasteiger charge is -2.13. The van der Waals surface area contributed by atoms with E-state index in [4.69, 9.17) is 9.47 Å². The predicted octanol–water partition coefficient (Wildman–Crippen LogP) is 4.34. The minimum absolute atomic E-state index is 0.198. The third kappa shape index (κ3) is 3.58. The first kappa shape index (κ1) is 16.8. The number of methoxy groups -OCH3 is 2. The first-order valence-electron chi connectivity index (χ1n) is 8.08. The van der Waals surface area contributed by atoms with Gasteiger partial charge in [-0.3, -0.25) is 0 Å². The van der Waals surface area contributed by atoms with E-state index in [1.807, 2.05) is 12.1 Å². The molecule has 0 amide bonds. The average Bonchev–Trinajstić information content (AvgIpc) is 2.65. The van der Waals surface area contributed by atoms with E-state index in [-0.39, 0.29) is 5.56 Å². The Morgan fingerprint density at radius 3 is 2.36 bits per heavy atom. The molecule has 3 aromatic carbocycles. The van der Waals surface area contributed by atoms with Crippen LogP contribution in [0.15, 0.2) is 54.6 Å². The van der Waals surface area contributed by atoms with E-state index in [2.05, 4.69) is 30.3 Å². The number of aromatic carboxylic acids is 1. The lowest BCUT2D eigenvalue weighted by molar-refractivity contribution is 0.0692. The van der Waals surface area contributed by atoms with E-state index < -0.39 is 5.97 Å². The largest absolute Gasteiger partial charge is 0.497 e. The Balaban J connectivity index is 1.91. The van der Waals surface area contributed by atoms with Gasteiger partial charge in [-0.05, 0) is 40.8 Å². The van der Waals surface area contributed by atoms with E-state index >= 15 is 0 Å². The first-order valence-corrected chi connectivity index (χ1v) is 8.08. The number of ether oxygens (including phenoxy) is 2. The third-order valence-electron chi connectivity index (χ3n) is 4.32. The van der Waals surface area contributed by atoms with Crippen LogP contribution in [0, 0.1) is 0 Å². The smallest absolute Gasteiger partial charge is 0.339 e. The lowest BCUT2D eigenvalue weighted by Crippen LogP contribution is -2.07. The number of carbonyl (C=O) groups is 1. The molecule has 4 nitrogen and oxygen atoms in total. The zero-order chi connectivity index (χ0) is 17.8. The molecule has 0 unspecified atom stereocenters. The Labute approximate surface area is 146 Å². The Morgan fingerprint density at radius 1 is 0.920 bits per heavy atom. The van der Waals surface area contributed by atoms with Crippen LogP contribution in [0.3, 0.4) is 0 Å². The van der Waals surface area contributed by atoms with E-state index in [0.29, 0.717) is 23.5 Å². The molecular formula is C21H20O4. The van der Waals surface area contributed by atoms with Gasteiger partial charge < -0.3 is 14.6 Å². The van der Waals surface area contributed by atoms with Gasteiger partial charge in [-0.25, -0.2) is 4.79 Å². The number of rotatable bonds is 6. The highest BCUT2D eigenvalue weighted by Gasteiger charge is 2.18. The highest BCUT2D eigenvalue weighted by atomic mass is 16.5. The lowest BCUT2D eigenvalue weighted by atomic mass is 9.97. The second kappa shape index (κ2) is 7.26. The van der Waals surface area contributed by atoms with Gasteiger partial charge in [0.25, 0.3) is 0 Å². The highest BCUT2D eigenvalue weighted by molar-refractivity contribution is 5.93. The van der Waals surface area contributed by atoms with Gasteiger partial charge in [0.2, 0.25) is 0 Å². The van der Waals surface area contributed by atoms with Crippen molar-refractivity contribution in [3.63, 3.8) is 0 Å². The van der Waals surface area contributed by atoms with Gasteiger partial charge in [-0.1, -0.05) is 42.5 Å². The van der Waals surface area contributed by atoms with Crippen LogP contribution < -0.4 is 9.47 Å². The Bertz CT molecular complexity index is 915. The van der Waals surface area contributed by atoms with Gasteiger partial charge in [-0.2, -0.15) is 0 Å². The van der Waals surface area contributed by atoms with E-state index in [9.17, 15) is 9.90 Å². The van der Waals surface area contributed by atoms with Crippen LogP contribution in [0.1, 0.15) is 21.5 Å². The van der Waals surface area contributed by atoms with Crippen molar-refractivity contribution in [3.05, 3.63) is 71.3 Å². The van der Waals surface area contributed by atoms with Gasteiger partial charge in [0.1, 0.15) is 17.1 Å². The van der Waals surface area contributed by atoms with E-state index in [0.717, 1.165) is 12.0 Å². The second-order valence-electron chi connectivity index (χ2n) is 5.85. The van der Waals surface area contributed by atoms with Crippen LogP contribution >= 0.6 is 0 Å². The molecule has 0 aromatic heterocycles. The fourth-order valence-corrected chi connectivity index (χ4v) is 3.04. The number of fused-ring (bicyclic) bond motifs is 1. The second-order valence-corrected chi connectivity index (χ2v) is 5.85. The van der Waals surface area contributed by atoms with Crippen molar-refractivity contribution in [2.24, 2.45) is 0 Å². The molecule has 0 bridgehead atoms. The number of hydrogen-bond acceptors (Lipinski definition) is 3. The zero-order valence-corrected chi connectivity index (χ0v) is 14.3. The summed E-state index contributed by atoms with van der Waals surface area (Å²) in [7, 11) is 3.02. The molecule has 0 saturated carbocycles. The van der Waals surface area contributed by atoms with Gasteiger partial charge in [0.05, 0.1) is 14.2 Å². The van der Waals surface area contributed by atoms with Crippen molar-refractivity contribution in [1.82, 2.24) is 0 Å². The van der Waals surface area contributed by atoms with Gasteiger partial charge in [0, 0.05) is 6.07 Å². The molecule has 0 fully saturated rings. The van der Waals surface area contributed by atoms with Crippen LogP contribution in [0.25, 0.3) is 10.8 Å². The molecule has 25 heavy (non-hydrogen) atoms. The SMILES string of the molecule is COc1cc(CCc2ccc3ccccc3c2)c(C(=O)O)c(OC)c1. The summed E-state index contributed by atoms with van der Waals surface area (Å²) in [4.78, 5) is 11.7. The fraction of sp³-hybridized carbons (Fsp3) is 0.190. The number of aryl methyl sites for hydroxylation is 2. The number of hydrogen-bond donors (Lipinski definition) is 1. The van der Waals surface area contributed by atoms with E-state index in [1.165, 1.54) is 17.9 Å². The Morgan fingerprint density at radius 2 is 1.68 bits per heavy atom. The average molecular weight is 336 g/mol. The topological polar surface area (TPSA) is 55.8 Å².